The predicted molar refractivity (Wildman–Crippen MR) is 69.3 cm³/mol. The van der Waals surface area contributed by atoms with Crippen LogP contribution in [0.5, 0.6) is 0 Å². The molecule has 0 aromatic heterocycles. The summed E-state index contributed by atoms with van der Waals surface area (Å²) in [7, 11) is 3.67. The number of rotatable bonds is 6. The number of methoxy groups -OCH3 is 1. The minimum Gasteiger partial charge on any atom is -0.478 e. The molecular weight excluding hydrogens is 286 g/mol. The lowest BCUT2D eigenvalue weighted by Gasteiger charge is -2.17. The van der Waals surface area contributed by atoms with Gasteiger partial charge in [-0.05, 0) is 24.7 Å². The summed E-state index contributed by atoms with van der Waals surface area (Å²) >= 11 is 3.39. The van der Waals surface area contributed by atoms with Gasteiger partial charge in [0.2, 0.25) is 0 Å². The maximum absolute atomic E-state index is 10.8. The first-order chi connectivity index (χ1) is 8.04. The lowest BCUT2D eigenvalue weighted by molar-refractivity contribution is 0.0697. The van der Waals surface area contributed by atoms with E-state index < -0.39 is 5.97 Å². The van der Waals surface area contributed by atoms with Crippen molar-refractivity contribution in [3.05, 3.63) is 33.8 Å². The summed E-state index contributed by atoms with van der Waals surface area (Å²) in [5, 5.41) is 8.85. The summed E-state index contributed by atoms with van der Waals surface area (Å²) in [5.74, 6) is -0.912. The van der Waals surface area contributed by atoms with Crippen molar-refractivity contribution < 1.29 is 14.6 Å². The summed E-state index contributed by atoms with van der Waals surface area (Å²) < 4.78 is 5.82. The third kappa shape index (κ3) is 4.46. The maximum Gasteiger partial charge on any atom is 0.335 e. The number of carbonyl (C=O) groups is 1. The van der Waals surface area contributed by atoms with Crippen LogP contribution >= 0.6 is 15.9 Å². The molecule has 1 aromatic rings. The molecule has 0 saturated heterocycles. The van der Waals surface area contributed by atoms with Crippen LogP contribution in [0.15, 0.2) is 22.7 Å². The van der Waals surface area contributed by atoms with E-state index in [0.717, 1.165) is 23.1 Å². The number of hydrogen-bond acceptors (Lipinski definition) is 3. The topological polar surface area (TPSA) is 49.8 Å². The number of ether oxygens (including phenoxy) is 1. The fourth-order valence-electron chi connectivity index (χ4n) is 1.43. The van der Waals surface area contributed by atoms with Crippen molar-refractivity contribution in [1.29, 1.82) is 0 Å². The van der Waals surface area contributed by atoms with E-state index in [-0.39, 0.29) is 0 Å². The van der Waals surface area contributed by atoms with Crippen LogP contribution in [-0.4, -0.2) is 43.3 Å². The molecule has 0 spiro atoms. The van der Waals surface area contributed by atoms with Crippen molar-refractivity contribution in [3.63, 3.8) is 0 Å². The van der Waals surface area contributed by atoms with E-state index in [1.165, 1.54) is 0 Å². The molecule has 0 atom stereocenters. The van der Waals surface area contributed by atoms with Gasteiger partial charge >= 0.3 is 5.97 Å². The molecule has 0 fully saturated rings. The first-order valence-electron chi connectivity index (χ1n) is 5.23. The number of nitrogens with zero attached hydrogens (tertiary/aromatic N) is 1. The zero-order chi connectivity index (χ0) is 12.8. The standard InChI is InChI=1S/C12H16BrNO3/c1-14(5-6-17-2)8-10-4-3-9(12(15)16)7-11(10)13/h3-4,7H,5-6,8H2,1-2H3,(H,15,16). The lowest BCUT2D eigenvalue weighted by Crippen LogP contribution is -2.22. The molecule has 1 aromatic carbocycles. The van der Waals surface area contributed by atoms with E-state index in [9.17, 15) is 4.79 Å². The van der Waals surface area contributed by atoms with Crippen LogP contribution in [0.1, 0.15) is 15.9 Å². The van der Waals surface area contributed by atoms with Crippen molar-refractivity contribution in [3.8, 4) is 0 Å². The average Bonchev–Trinajstić information content (AvgIpc) is 2.28. The Morgan fingerprint density at radius 2 is 2.24 bits per heavy atom. The van der Waals surface area contributed by atoms with Crippen molar-refractivity contribution in [2.24, 2.45) is 0 Å². The van der Waals surface area contributed by atoms with Crippen molar-refractivity contribution >= 4 is 21.9 Å². The van der Waals surface area contributed by atoms with E-state index in [1.54, 1.807) is 19.2 Å². The van der Waals surface area contributed by atoms with Gasteiger partial charge in [-0.15, -0.1) is 0 Å². The minimum absolute atomic E-state index is 0.292. The van der Waals surface area contributed by atoms with Crippen LogP contribution in [0.3, 0.4) is 0 Å². The molecule has 0 saturated carbocycles. The van der Waals surface area contributed by atoms with Gasteiger partial charge in [-0.3, -0.25) is 4.90 Å². The number of benzene rings is 1. The summed E-state index contributed by atoms with van der Waals surface area (Å²) in [6, 6.07) is 5.07. The number of halogens is 1. The average molecular weight is 302 g/mol. The Labute approximate surface area is 109 Å². The first kappa shape index (κ1) is 14.2. The monoisotopic (exact) mass is 301 g/mol. The highest BCUT2D eigenvalue weighted by atomic mass is 79.9. The second-order valence-electron chi connectivity index (χ2n) is 3.84. The van der Waals surface area contributed by atoms with Crippen LogP contribution in [-0.2, 0) is 11.3 Å². The van der Waals surface area contributed by atoms with Gasteiger partial charge in [-0.1, -0.05) is 22.0 Å². The fraction of sp³-hybridized carbons (Fsp3) is 0.417. The summed E-state index contributed by atoms with van der Waals surface area (Å²) in [6.07, 6.45) is 0. The maximum atomic E-state index is 10.8. The molecule has 0 heterocycles. The van der Waals surface area contributed by atoms with Crippen molar-refractivity contribution in [1.82, 2.24) is 4.90 Å². The van der Waals surface area contributed by atoms with Gasteiger partial charge in [0, 0.05) is 24.7 Å². The zero-order valence-electron chi connectivity index (χ0n) is 9.94. The first-order valence-corrected chi connectivity index (χ1v) is 6.03. The highest BCUT2D eigenvalue weighted by Gasteiger charge is 2.08. The van der Waals surface area contributed by atoms with E-state index in [2.05, 4.69) is 20.8 Å². The summed E-state index contributed by atoms with van der Waals surface area (Å²) in [4.78, 5) is 12.9. The molecule has 0 unspecified atom stereocenters. The molecule has 17 heavy (non-hydrogen) atoms. The van der Waals surface area contributed by atoms with Gasteiger partial charge in [0.15, 0.2) is 0 Å². The van der Waals surface area contributed by atoms with Gasteiger partial charge in [0.1, 0.15) is 0 Å². The molecule has 4 nitrogen and oxygen atoms in total. The summed E-state index contributed by atoms with van der Waals surface area (Å²) in [5.41, 5.74) is 1.36. The van der Waals surface area contributed by atoms with Crippen molar-refractivity contribution in [2.45, 2.75) is 6.54 Å². The molecule has 0 bridgehead atoms. The second-order valence-corrected chi connectivity index (χ2v) is 4.70. The number of carboxylic acids is 1. The van der Waals surface area contributed by atoms with Gasteiger partial charge in [0.25, 0.3) is 0 Å². The molecule has 5 heteroatoms. The molecule has 1 N–H and O–H groups in total. The largest absolute Gasteiger partial charge is 0.478 e. The zero-order valence-corrected chi connectivity index (χ0v) is 11.5. The van der Waals surface area contributed by atoms with E-state index in [1.807, 2.05) is 13.1 Å². The van der Waals surface area contributed by atoms with Gasteiger partial charge in [-0.25, -0.2) is 4.79 Å². The van der Waals surface area contributed by atoms with Crippen LogP contribution in [0.25, 0.3) is 0 Å². The van der Waals surface area contributed by atoms with E-state index in [4.69, 9.17) is 9.84 Å². The van der Waals surface area contributed by atoms with Gasteiger partial charge < -0.3 is 9.84 Å². The molecule has 0 aliphatic heterocycles. The Bertz CT molecular complexity index is 395. The Morgan fingerprint density at radius 1 is 1.53 bits per heavy atom. The molecule has 94 valence electrons. The van der Waals surface area contributed by atoms with Crippen LogP contribution < -0.4 is 0 Å². The summed E-state index contributed by atoms with van der Waals surface area (Å²) in [6.45, 7) is 2.27. The number of hydrogen-bond donors (Lipinski definition) is 1. The molecule has 0 radical (unpaired) electrons. The fourth-order valence-corrected chi connectivity index (χ4v) is 1.93. The SMILES string of the molecule is COCCN(C)Cc1ccc(C(=O)O)cc1Br. The highest BCUT2D eigenvalue weighted by molar-refractivity contribution is 9.10. The second kappa shape index (κ2) is 6.74. The van der Waals surface area contributed by atoms with Crippen LogP contribution in [0, 0.1) is 0 Å². The lowest BCUT2D eigenvalue weighted by atomic mass is 10.1. The Hall–Kier alpha value is -0.910. The smallest absolute Gasteiger partial charge is 0.335 e. The molecular formula is C12H16BrNO3. The van der Waals surface area contributed by atoms with E-state index >= 15 is 0 Å². The molecule has 0 aliphatic rings. The Morgan fingerprint density at radius 3 is 2.76 bits per heavy atom. The Kier molecular flexibility index (Phi) is 5.61. The quantitative estimate of drug-likeness (QED) is 0.875. The van der Waals surface area contributed by atoms with Crippen molar-refractivity contribution in [2.75, 3.05) is 27.3 Å². The minimum atomic E-state index is -0.912. The Balaban J connectivity index is 2.69. The molecule has 1 rings (SSSR count). The van der Waals surface area contributed by atoms with Crippen LogP contribution in [0.4, 0.5) is 0 Å². The van der Waals surface area contributed by atoms with Crippen LogP contribution in [0.2, 0.25) is 0 Å². The number of carboxylic acid groups (broad SMARTS) is 1. The van der Waals surface area contributed by atoms with Gasteiger partial charge in [0.05, 0.1) is 12.2 Å². The molecule has 0 aliphatic carbocycles. The molecule has 0 amide bonds. The number of aromatic carboxylic acids is 1. The van der Waals surface area contributed by atoms with E-state index in [0.29, 0.717) is 12.2 Å². The number of likely N-dealkylation sites (N-methyl/N-ethyl adjacent to an activating group) is 1. The third-order valence-corrected chi connectivity index (χ3v) is 3.16. The normalized spacial score (nSPS) is 10.8. The predicted octanol–water partition coefficient (Wildman–Crippen LogP) is 2.23. The van der Waals surface area contributed by atoms with Gasteiger partial charge in [-0.2, -0.15) is 0 Å². The third-order valence-electron chi connectivity index (χ3n) is 2.42. The highest BCUT2D eigenvalue weighted by Crippen LogP contribution is 2.20.